The van der Waals surface area contributed by atoms with Gasteiger partial charge < -0.3 is 4.57 Å². The Hall–Kier alpha value is -3.72. The lowest BCUT2D eigenvalue weighted by Crippen LogP contribution is -2.01. The van der Waals surface area contributed by atoms with E-state index in [-0.39, 0.29) is 11.6 Å². The molecule has 0 bridgehead atoms. The minimum absolute atomic E-state index is 0.00445. The second-order valence-corrected chi connectivity index (χ2v) is 7.21. The van der Waals surface area contributed by atoms with Gasteiger partial charge in [0.1, 0.15) is 5.82 Å². The summed E-state index contributed by atoms with van der Waals surface area (Å²) in [6.45, 7) is 0.575. The maximum atomic E-state index is 13.4. The van der Waals surface area contributed by atoms with Crippen molar-refractivity contribution in [3.05, 3.63) is 120 Å². The van der Waals surface area contributed by atoms with Crippen LogP contribution in [-0.4, -0.2) is 10.4 Å². The Labute approximate surface area is 167 Å². The van der Waals surface area contributed by atoms with Gasteiger partial charge in [0.05, 0.1) is 0 Å². The second kappa shape index (κ2) is 7.02. The molecule has 0 saturated heterocycles. The summed E-state index contributed by atoms with van der Waals surface area (Å²) in [7, 11) is 0. The molecule has 0 unspecified atom stereocenters. The molecule has 0 aliphatic carbocycles. The van der Waals surface area contributed by atoms with Gasteiger partial charge in [-0.15, -0.1) is 0 Å². The number of ketones is 1. The smallest absolute Gasteiger partial charge is 0.195 e. The number of hydrogen-bond donors (Lipinski definition) is 0. The van der Waals surface area contributed by atoms with Gasteiger partial charge in [-0.05, 0) is 40.6 Å². The van der Waals surface area contributed by atoms with Crippen molar-refractivity contribution in [2.45, 2.75) is 6.54 Å². The number of aromatic nitrogens is 1. The quantitative estimate of drug-likeness (QED) is 0.340. The van der Waals surface area contributed by atoms with Gasteiger partial charge in [-0.2, -0.15) is 0 Å². The molecular formula is C26H18FNO. The molecule has 0 N–H and O–H groups in total. The topological polar surface area (TPSA) is 22.0 Å². The van der Waals surface area contributed by atoms with Crippen LogP contribution in [-0.2, 0) is 6.54 Å². The summed E-state index contributed by atoms with van der Waals surface area (Å²) < 4.78 is 15.3. The van der Waals surface area contributed by atoms with Crippen LogP contribution in [0.4, 0.5) is 4.39 Å². The number of rotatable bonds is 4. The molecule has 3 heteroatoms. The molecule has 0 saturated carbocycles. The predicted molar refractivity (Wildman–Crippen MR) is 115 cm³/mol. The number of fused-ring (bicyclic) bond motifs is 2. The fraction of sp³-hybridized carbons (Fsp3) is 0.0385. The number of hydrogen-bond acceptors (Lipinski definition) is 1. The summed E-state index contributed by atoms with van der Waals surface area (Å²) in [5.41, 5.74) is 3.32. The van der Waals surface area contributed by atoms with Gasteiger partial charge in [0, 0.05) is 34.8 Å². The zero-order valence-corrected chi connectivity index (χ0v) is 15.7. The molecule has 5 rings (SSSR count). The Bertz CT molecular complexity index is 1350. The first-order valence-electron chi connectivity index (χ1n) is 9.55. The van der Waals surface area contributed by atoms with Gasteiger partial charge in [-0.3, -0.25) is 4.79 Å². The maximum absolute atomic E-state index is 13.4. The van der Waals surface area contributed by atoms with Crippen LogP contribution in [0.2, 0.25) is 0 Å². The SMILES string of the molecule is O=C(c1ccc2ccccc2c1)c1cn(Cc2ccc(F)cc2)c2ccccc12. The Kier molecular flexibility index (Phi) is 4.21. The summed E-state index contributed by atoms with van der Waals surface area (Å²) in [4.78, 5) is 13.4. The van der Waals surface area contributed by atoms with Crippen molar-refractivity contribution in [2.24, 2.45) is 0 Å². The van der Waals surface area contributed by atoms with E-state index in [2.05, 4.69) is 4.57 Å². The second-order valence-electron chi connectivity index (χ2n) is 7.21. The van der Waals surface area contributed by atoms with Gasteiger partial charge in [-0.1, -0.05) is 66.7 Å². The molecule has 140 valence electrons. The van der Waals surface area contributed by atoms with E-state index in [1.165, 1.54) is 12.1 Å². The summed E-state index contributed by atoms with van der Waals surface area (Å²) >= 11 is 0. The van der Waals surface area contributed by atoms with Crippen LogP contribution >= 0.6 is 0 Å². The normalized spacial score (nSPS) is 11.2. The minimum atomic E-state index is -0.252. The van der Waals surface area contributed by atoms with Crippen LogP contribution in [0.15, 0.2) is 97.2 Å². The van der Waals surface area contributed by atoms with E-state index in [1.807, 2.05) is 72.9 Å². The molecule has 0 radical (unpaired) electrons. The number of carbonyl (C=O) groups excluding carboxylic acids is 1. The van der Waals surface area contributed by atoms with E-state index in [1.54, 1.807) is 12.1 Å². The first-order chi connectivity index (χ1) is 14.2. The highest BCUT2D eigenvalue weighted by Crippen LogP contribution is 2.26. The lowest BCUT2D eigenvalue weighted by Gasteiger charge is -2.05. The summed E-state index contributed by atoms with van der Waals surface area (Å²) in [5, 5.41) is 3.09. The molecule has 1 heterocycles. The number of carbonyl (C=O) groups is 1. The molecular weight excluding hydrogens is 361 g/mol. The van der Waals surface area contributed by atoms with Crippen molar-refractivity contribution in [1.29, 1.82) is 0 Å². The molecule has 0 amide bonds. The molecule has 1 aromatic heterocycles. The predicted octanol–water partition coefficient (Wildman–Crippen LogP) is 6.21. The van der Waals surface area contributed by atoms with Crippen molar-refractivity contribution in [3.63, 3.8) is 0 Å². The fourth-order valence-corrected chi connectivity index (χ4v) is 3.83. The van der Waals surface area contributed by atoms with Crippen molar-refractivity contribution in [2.75, 3.05) is 0 Å². The molecule has 2 nitrogen and oxygen atoms in total. The van der Waals surface area contributed by atoms with Crippen LogP contribution in [0.5, 0.6) is 0 Å². The fourth-order valence-electron chi connectivity index (χ4n) is 3.83. The van der Waals surface area contributed by atoms with Gasteiger partial charge >= 0.3 is 0 Å². The van der Waals surface area contributed by atoms with Crippen molar-refractivity contribution < 1.29 is 9.18 Å². The summed E-state index contributed by atoms with van der Waals surface area (Å²) in [6.07, 6.45) is 1.91. The molecule has 29 heavy (non-hydrogen) atoms. The molecule has 4 aromatic carbocycles. The van der Waals surface area contributed by atoms with E-state index < -0.39 is 0 Å². The van der Waals surface area contributed by atoms with E-state index in [0.29, 0.717) is 17.7 Å². The zero-order chi connectivity index (χ0) is 19.8. The van der Waals surface area contributed by atoms with E-state index in [4.69, 9.17) is 0 Å². The third-order valence-electron chi connectivity index (χ3n) is 5.31. The van der Waals surface area contributed by atoms with E-state index >= 15 is 0 Å². The van der Waals surface area contributed by atoms with Crippen LogP contribution in [0.25, 0.3) is 21.7 Å². The van der Waals surface area contributed by atoms with Crippen LogP contribution < -0.4 is 0 Å². The molecule has 0 atom stereocenters. The first kappa shape index (κ1) is 17.4. The number of benzene rings is 4. The Morgan fingerprint density at radius 3 is 2.34 bits per heavy atom. The van der Waals surface area contributed by atoms with Gasteiger partial charge in [0.15, 0.2) is 5.78 Å². The summed E-state index contributed by atoms with van der Waals surface area (Å²) in [5.74, 6) is -0.247. The molecule has 5 aromatic rings. The van der Waals surface area contributed by atoms with Crippen molar-refractivity contribution in [1.82, 2.24) is 4.57 Å². The highest BCUT2D eigenvalue weighted by molar-refractivity contribution is 6.17. The average Bonchev–Trinajstić information content (AvgIpc) is 3.13. The van der Waals surface area contributed by atoms with Crippen molar-refractivity contribution in [3.8, 4) is 0 Å². The number of nitrogens with zero attached hydrogens (tertiary/aromatic N) is 1. The van der Waals surface area contributed by atoms with Gasteiger partial charge in [-0.25, -0.2) is 4.39 Å². The monoisotopic (exact) mass is 379 g/mol. The van der Waals surface area contributed by atoms with Gasteiger partial charge in [0.2, 0.25) is 0 Å². The molecule has 0 fully saturated rings. The van der Waals surface area contributed by atoms with Gasteiger partial charge in [0.25, 0.3) is 0 Å². The maximum Gasteiger partial charge on any atom is 0.195 e. The Morgan fingerprint density at radius 1 is 0.793 bits per heavy atom. The first-order valence-corrected chi connectivity index (χ1v) is 9.55. The van der Waals surface area contributed by atoms with E-state index in [0.717, 1.165) is 27.2 Å². The zero-order valence-electron chi connectivity index (χ0n) is 15.7. The van der Waals surface area contributed by atoms with Crippen LogP contribution in [0.3, 0.4) is 0 Å². The minimum Gasteiger partial charge on any atom is -0.342 e. The third kappa shape index (κ3) is 3.21. The highest BCUT2D eigenvalue weighted by atomic mass is 19.1. The van der Waals surface area contributed by atoms with Crippen molar-refractivity contribution >= 4 is 27.5 Å². The third-order valence-corrected chi connectivity index (χ3v) is 5.31. The van der Waals surface area contributed by atoms with E-state index in [9.17, 15) is 9.18 Å². The lowest BCUT2D eigenvalue weighted by atomic mass is 10.00. The average molecular weight is 379 g/mol. The lowest BCUT2D eigenvalue weighted by molar-refractivity contribution is 0.104. The Balaban J connectivity index is 1.58. The molecule has 0 spiro atoms. The number of para-hydroxylation sites is 1. The standard InChI is InChI=1S/C26H18FNO/c27-22-13-9-18(10-14-22)16-28-17-24(23-7-3-4-8-25(23)28)26(29)21-12-11-19-5-1-2-6-20(19)15-21/h1-15,17H,16H2. The number of halogens is 1. The highest BCUT2D eigenvalue weighted by Gasteiger charge is 2.17. The Morgan fingerprint density at radius 2 is 1.52 bits per heavy atom. The molecule has 0 aliphatic rings. The van der Waals surface area contributed by atoms with Crippen LogP contribution in [0.1, 0.15) is 21.5 Å². The largest absolute Gasteiger partial charge is 0.342 e. The summed E-state index contributed by atoms with van der Waals surface area (Å²) in [6, 6.07) is 28.2. The van der Waals surface area contributed by atoms with Crippen LogP contribution in [0, 0.1) is 5.82 Å². The molecule has 0 aliphatic heterocycles.